The van der Waals surface area contributed by atoms with Gasteiger partial charge in [0.1, 0.15) is 12.3 Å². The van der Waals surface area contributed by atoms with Crippen LogP contribution >= 0.6 is 11.7 Å². The first-order valence-electron chi connectivity index (χ1n) is 8.45. The molecule has 3 heterocycles. The molecular formula is C17H18F3N3O2S. The number of nitrogens with zero attached hydrogens (tertiary/aromatic N) is 3. The lowest BCUT2D eigenvalue weighted by molar-refractivity contribution is -0.137. The van der Waals surface area contributed by atoms with Crippen LogP contribution < -0.4 is 4.74 Å². The van der Waals surface area contributed by atoms with Crippen molar-refractivity contribution in [1.29, 1.82) is 0 Å². The predicted molar refractivity (Wildman–Crippen MR) is 88.7 cm³/mol. The van der Waals surface area contributed by atoms with Crippen LogP contribution in [0.25, 0.3) is 0 Å². The molecule has 1 N–H and O–H groups in total. The van der Waals surface area contributed by atoms with E-state index in [2.05, 4.69) is 13.6 Å². The van der Waals surface area contributed by atoms with Gasteiger partial charge in [0.25, 0.3) is 5.88 Å². The summed E-state index contributed by atoms with van der Waals surface area (Å²) in [6.45, 7) is 1.61. The summed E-state index contributed by atoms with van der Waals surface area (Å²) < 4.78 is 52.2. The first kappa shape index (κ1) is 17.7. The number of fused-ring (bicyclic) bond motifs is 2. The monoisotopic (exact) mass is 385 g/mol. The van der Waals surface area contributed by atoms with Crippen molar-refractivity contribution in [2.24, 2.45) is 5.92 Å². The van der Waals surface area contributed by atoms with E-state index in [4.69, 9.17) is 4.74 Å². The van der Waals surface area contributed by atoms with Crippen molar-refractivity contribution in [2.45, 2.75) is 37.8 Å². The number of alkyl halides is 3. The Hall–Kier alpha value is -1.71. The van der Waals surface area contributed by atoms with Gasteiger partial charge in [0, 0.05) is 13.1 Å². The van der Waals surface area contributed by atoms with E-state index in [1.807, 2.05) is 0 Å². The lowest BCUT2D eigenvalue weighted by atomic mass is 9.93. The molecule has 1 aromatic heterocycles. The van der Waals surface area contributed by atoms with E-state index in [0.29, 0.717) is 23.9 Å². The summed E-state index contributed by atoms with van der Waals surface area (Å²) in [5.74, 6) is 0.758. The van der Waals surface area contributed by atoms with E-state index in [-0.39, 0.29) is 18.8 Å². The average molecular weight is 385 g/mol. The molecule has 0 aliphatic carbocycles. The van der Waals surface area contributed by atoms with Gasteiger partial charge in [-0.1, -0.05) is 12.1 Å². The third-order valence-corrected chi connectivity index (χ3v) is 5.67. The number of ether oxygens (including phenoxy) is 1. The second-order valence-electron chi connectivity index (χ2n) is 6.81. The summed E-state index contributed by atoms with van der Waals surface area (Å²) in [5, 5.41) is 10.0. The highest BCUT2D eigenvalue weighted by atomic mass is 32.1. The fourth-order valence-corrected chi connectivity index (χ4v) is 4.27. The summed E-state index contributed by atoms with van der Waals surface area (Å²) in [6, 6.07) is 4.98. The zero-order chi connectivity index (χ0) is 18.3. The molecule has 4 unspecified atom stereocenters. The van der Waals surface area contributed by atoms with E-state index < -0.39 is 11.7 Å². The molecule has 0 amide bonds. The summed E-state index contributed by atoms with van der Waals surface area (Å²) in [6.07, 6.45) is -2.80. The molecule has 2 aliphatic heterocycles. The lowest BCUT2D eigenvalue weighted by Crippen LogP contribution is -2.31. The maximum Gasteiger partial charge on any atom is 0.416 e. The SMILES string of the molecule is OC1CN2CC1CCC2c1nsnc1OCc1ccc(C(F)(F)F)cc1. The fraction of sp³-hybridized carbons (Fsp3) is 0.529. The molecule has 2 fully saturated rings. The van der Waals surface area contributed by atoms with Gasteiger partial charge in [0.2, 0.25) is 0 Å². The molecule has 2 aromatic rings. The Morgan fingerprint density at radius 1 is 1.15 bits per heavy atom. The van der Waals surface area contributed by atoms with Crippen LogP contribution in [0, 0.1) is 5.92 Å². The van der Waals surface area contributed by atoms with Gasteiger partial charge >= 0.3 is 6.18 Å². The first-order valence-corrected chi connectivity index (χ1v) is 9.18. The Labute approximate surface area is 152 Å². The summed E-state index contributed by atoms with van der Waals surface area (Å²) in [5.41, 5.74) is 0.716. The molecular weight excluding hydrogens is 367 g/mol. The van der Waals surface area contributed by atoms with Gasteiger partial charge in [-0.3, -0.25) is 4.90 Å². The molecule has 1 aromatic carbocycles. The highest BCUT2D eigenvalue weighted by molar-refractivity contribution is 6.99. The van der Waals surface area contributed by atoms with Gasteiger partial charge in [-0.25, -0.2) is 0 Å². The molecule has 5 nitrogen and oxygen atoms in total. The van der Waals surface area contributed by atoms with Gasteiger partial charge in [0.15, 0.2) is 0 Å². The number of hydrogen-bond donors (Lipinski definition) is 1. The quantitative estimate of drug-likeness (QED) is 0.876. The van der Waals surface area contributed by atoms with E-state index in [1.165, 1.54) is 12.1 Å². The maximum atomic E-state index is 12.6. The minimum atomic E-state index is -4.34. The van der Waals surface area contributed by atoms with Crippen LogP contribution in [0.2, 0.25) is 0 Å². The second-order valence-corrected chi connectivity index (χ2v) is 7.34. The highest BCUT2D eigenvalue weighted by Crippen LogP contribution is 2.41. The van der Waals surface area contributed by atoms with Gasteiger partial charge in [0.05, 0.1) is 29.4 Å². The number of rotatable bonds is 4. The lowest BCUT2D eigenvalue weighted by Gasteiger charge is -2.30. The predicted octanol–water partition coefficient (Wildman–Crippen LogP) is 3.26. The van der Waals surface area contributed by atoms with Gasteiger partial charge < -0.3 is 9.84 Å². The van der Waals surface area contributed by atoms with Crippen molar-refractivity contribution in [1.82, 2.24) is 13.6 Å². The summed E-state index contributed by atoms with van der Waals surface area (Å²) >= 11 is 1.06. The Morgan fingerprint density at radius 2 is 1.92 bits per heavy atom. The number of aliphatic hydroxyl groups excluding tert-OH is 1. The van der Waals surface area contributed by atoms with Crippen LogP contribution in [0.1, 0.15) is 35.7 Å². The Kier molecular flexibility index (Phi) is 4.62. The minimum absolute atomic E-state index is 0.0738. The molecule has 140 valence electrons. The van der Waals surface area contributed by atoms with Crippen molar-refractivity contribution >= 4 is 11.7 Å². The number of aliphatic hydroxyl groups is 1. The van der Waals surface area contributed by atoms with Crippen LogP contribution in [0.5, 0.6) is 5.88 Å². The van der Waals surface area contributed by atoms with E-state index in [0.717, 1.165) is 48.9 Å². The van der Waals surface area contributed by atoms with Gasteiger partial charge in [-0.15, -0.1) is 4.37 Å². The Balaban J connectivity index is 1.43. The molecule has 4 atom stereocenters. The van der Waals surface area contributed by atoms with Crippen molar-refractivity contribution in [3.05, 3.63) is 41.1 Å². The van der Waals surface area contributed by atoms with E-state index in [9.17, 15) is 18.3 Å². The fourth-order valence-electron chi connectivity index (χ4n) is 3.72. The van der Waals surface area contributed by atoms with Crippen molar-refractivity contribution in [2.75, 3.05) is 13.1 Å². The van der Waals surface area contributed by atoms with Crippen LogP contribution in [-0.2, 0) is 12.8 Å². The third-order valence-electron chi connectivity index (χ3n) is 5.14. The molecule has 0 spiro atoms. The van der Waals surface area contributed by atoms with Crippen LogP contribution in [0.3, 0.4) is 0 Å². The largest absolute Gasteiger partial charge is 0.471 e. The molecule has 2 aliphatic rings. The Morgan fingerprint density at radius 3 is 2.65 bits per heavy atom. The highest BCUT2D eigenvalue weighted by Gasteiger charge is 2.42. The number of piperidine rings is 1. The smallest absolute Gasteiger partial charge is 0.416 e. The summed E-state index contributed by atoms with van der Waals surface area (Å²) in [7, 11) is 0. The van der Waals surface area contributed by atoms with Crippen LogP contribution in [-0.4, -0.2) is 37.9 Å². The van der Waals surface area contributed by atoms with Crippen LogP contribution in [0.4, 0.5) is 13.2 Å². The molecule has 2 bridgehead atoms. The zero-order valence-electron chi connectivity index (χ0n) is 13.8. The summed E-state index contributed by atoms with van der Waals surface area (Å²) in [4.78, 5) is 2.21. The number of hydrogen-bond acceptors (Lipinski definition) is 6. The molecule has 2 saturated heterocycles. The normalized spacial score (nSPS) is 28.3. The van der Waals surface area contributed by atoms with Gasteiger partial charge in [-0.2, -0.15) is 17.5 Å². The molecule has 4 rings (SSSR count). The first-order chi connectivity index (χ1) is 12.4. The second kappa shape index (κ2) is 6.79. The number of benzene rings is 1. The maximum absolute atomic E-state index is 12.6. The van der Waals surface area contributed by atoms with Gasteiger partial charge in [-0.05, 0) is 36.5 Å². The molecule has 9 heteroatoms. The molecule has 26 heavy (non-hydrogen) atoms. The zero-order valence-corrected chi connectivity index (χ0v) is 14.6. The molecule has 0 radical (unpaired) electrons. The van der Waals surface area contributed by atoms with Crippen LogP contribution in [0.15, 0.2) is 24.3 Å². The standard InChI is InChI=1S/C17H18F3N3O2S/c18-17(19,20)12-4-1-10(2-5-12)9-25-16-15(21-26-22-16)13-6-3-11-7-23(13)8-14(11)24/h1-2,4-5,11,13-14,24H,3,6-9H2. The van der Waals surface area contributed by atoms with Crippen molar-refractivity contribution in [3.63, 3.8) is 0 Å². The molecule has 0 saturated carbocycles. The minimum Gasteiger partial charge on any atom is -0.471 e. The van der Waals surface area contributed by atoms with Crippen molar-refractivity contribution < 1.29 is 23.0 Å². The van der Waals surface area contributed by atoms with E-state index in [1.54, 1.807) is 0 Å². The number of aromatic nitrogens is 2. The average Bonchev–Trinajstić information content (AvgIpc) is 3.18. The third kappa shape index (κ3) is 3.43. The topological polar surface area (TPSA) is 58.5 Å². The van der Waals surface area contributed by atoms with E-state index >= 15 is 0 Å². The number of halogens is 3. The van der Waals surface area contributed by atoms with Crippen molar-refractivity contribution in [3.8, 4) is 5.88 Å². The Bertz CT molecular complexity index is 763.